The molecule has 0 bridgehead atoms. The number of benzene rings is 5. The maximum absolute atomic E-state index is 14.2. The van der Waals surface area contributed by atoms with E-state index >= 15 is 0 Å². The molecule has 2 aromatic heterocycles. The van der Waals surface area contributed by atoms with Gasteiger partial charge in [-0.05, 0) is 47.9 Å². The van der Waals surface area contributed by atoms with E-state index in [1.165, 1.54) is 34.7 Å². The maximum atomic E-state index is 14.2. The van der Waals surface area contributed by atoms with E-state index < -0.39 is 15.4 Å². The van der Waals surface area contributed by atoms with Crippen molar-refractivity contribution in [2.75, 3.05) is 0 Å². The molecule has 0 atom stereocenters. The Hall–Kier alpha value is -5.82. The SMILES string of the molecule is N#Cc1ccc2c(c1)-c1c(C#N)cc3c(=O)n4c5cccc6cccc(nc4c4cc(C#N)c(c1c34)S2(=O)=O)c65. The van der Waals surface area contributed by atoms with Crippen molar-refractivity contribution in [1.82, 2.24) is 9.38 Å². The van der Waals surface area contributed by atoms with Crippen LogP contribution in [-0.2, 0) is 9.84 Å². The monoisotopic (exact) mass is 533 g/mol. The summed E-state index contributed by atoms with van der Waals surface area (Å²) in [6, 6.07) is 24.5. The summed E-state index contributed by atoms with van der Waals surface area (Å²) in [7, 11) is -4.25. The third-order valence-electron chi connectivity index (χ3n) is 7.75. The first-order valence-electron chi connectivity index (χ1n) is 12.1. The zero-order valence-corrected chi connectivity index (χ0v) is 21.0. The number of rotatable bonds is 0. The third-order valence-corrected chi connectivity index (χ3v) is 9.64. The van der Waals surface area contributed by atoms with Gasteiger partial charge in [0.25, 0.3) is 5.56 Å². The fraction of sp³-hybridized carbons (Fsp3) is 0. The van der Waals surface area contributed by atoms with Crippen molar-refractivity contribution < 1.29 is 8.42 Å². The van der Waals surface area contributed by atoms with Crippen LogP contribution < -0.4 is 5.56 Å². The minimum atomic E-state index is -4.25. The van der Waals surface area contributed by atoms with E-state index in [-0.39, 0.29) is 54.0 Å². The van der Waals surface area contributed by atoms with Crippen LogP contribution in [0.4, 0.5) is 0 Å². The highest BCUT2D eigenvalue weighted by molar-refractivity contribution is 7.92. The zero-order chi connectivity index (χ0) is 27.5. The molecule has 0 spiro atoms. The van der Waals surface area contributed by atoms with Crippen molar-refractivity contribution in [3.05, 3.63) is 93.8 Å². The van der Waals surface area contributed by atoms with Crippen LogP contribution in [0.15, 0.2) is 81.3 Å². The Kier molecular flexibility index (Phi) is 3.98. The molecule has 0 aliphatic carbocycles. The highest BCUT2D eigenvalue weighted by Crippen LogP contribution is 2.50. The van der Waals surface area contributed by atoms with Gasteiger partial charge in [-0.15, -0.1) is 0 Å². The Morgan fingerprint density at radius 1 is 0.775 bits per heavy atom. The zero-order valence-electron chi connectivity index (χ0n) is 20.2. The fourth-order valence-electron chi connectivity index (χ4n) is 6.19. The van der Waals surface area contributed by atoms with Crippen LogP contribution in [0.1, 0.15) is 16.7 Å². The van der Waals surface area contributed by atoms with Crippen LogP contribution in [0.25, 0.3) is 60.1 Å². The molecule has 0 amide bonds. The van der Waals surface area contributed by atoms with E-state index in [0.717, 1.165) is 10.8 Å². The molecule has 8 nitrogen and oxygen atoms in total. The lowest BCUT2D eigenvalue weighted by atomic mass is 9.88. The lowest BCUT2D eigenvalue weighted by Gasteiger charge is -2.25. The Bertz CT molecular complexity index is 2660. The van der Waals surface area contributed by atoms with Crippen LogP contribution in [0, 0.1) is 34.0 Å². The largest absolute Gasteiger partial charge is 0.268 e. The highest BCUT2D eigenvalue weighted by Gasteiger charge is 2.37. The van der Waals surface area contributed by atoms with Gasteiger partial charge in [0.15, 0.2) is 0 Å². The Morgan fingerprint density at radius 3 is 2.27 bits per heavy atom. The lowest BCUT2D eigenvalue weighted by Crippen LogP contribution is -2.19. The van der Waals surface area contributed by atoms with Crippen LogP contribution in [0.3, 0.4) is 0 Å². The quantitative estimate of drug-likeness (QED) is 0.193. The molecule has 0 unspecified atom stereocenters. The molecule has 8 rings (SSSR count). The Morgan fingerprint density at radius 2 is 1.52 bits per heavy atom. The highest BCUT2D eigenvalue weighted by atomic mass is 32.2. The molecule has 40 heavy (non-hydrogen) atoms. The van der Waals surface area contributed by atoms with Gasteiger partial charge in [0, 0.05) is 32.7 Å². The molecule has 184 valence electrons. The first-order chi connectivity index (χ1) is 19.4. The van der Waals surface area contributed by atoms with Gasteiger partial charge in [0.2, 0.25) is 9.84 Å². The molecular formula is C31H11N5O3S. The third kappa shape index (κ3) is 2.44. The van der Waals surface area contributed by atoms with Gasteiger partial charge in [-0.1, -0.05) is 24.3 Å². The summed E-state index contributed by atoms with van der Waals surface area (Å²) in [6.45, 7) is 0. The van der Waals surface area contributed by atoms with Crippen LogP contribution in [0.5, 0.6) is 0 Å². The van der Waals surface area contributed by atoms with Crippen molar-refractivity contribution in [2.24, 2.45) is 0 Å². The number of sulfone groups is 1. The second kappa shape index (κ2) is 7.18. The van der Waals surface area contributed by atoms with Crippen molar-refractivity contribution in [3.8, 4) is 29.3 Å². The number of nitriles is 3. The van der Waals surface area contributed by atoms with Crippen molar-refractivity contribution in [1.29, 1.82) is 15.8 Å². The van der Waals surface area contributed by atoms with E-state index in [0.29, 0.717) is 21.8 Å². The normalized spacial score (nSPS) is 13.4. The van der Waals surface area contributed by atoms with Crippen LogP contribution in [-0.4, -0.2) is 17.8 Å². The van der Waals surface area contributed by atoms with Gasteiger partial charge in [-0.25, -0.2) is 13.4 Å². The lowest BCUT2D eigenvalue weighted by molar-refractivity contribution is 0.596. The molecule has 5 aromatic carbocycles. The minimum Gasteiger partial charge on any atom is -0.268 e. The van der Waals surface area contributed by atoms with E-state index in [4.69, 9.17) is 4.98 Å². The molecule has 0 radical (unpaired) electrons. The van der Waals surface area contributed by atoms with Gasteiger partial charge in [0.1, 0.15) is 11.7 Å². The molecule has 1 aliphatic rings. The Balaban J connectivity index is 1.76. The predicted molar refractivity (Wildman–Crippen MR) is 148 cm³/mol. The number of aromatic nitrogens is 2. The number of nitrogens with zero attached hydrogens (tertiary/aromatic N) is 5. The molecular weight excluding hydrogens is 522 g/mol. The summed E-state index contributed by atoms with van der Waals surface area (Å²) >= 11 is 0. The van der Waals surface area contributed by atoms with Crippen LogP contribution >= 0.6 is 0 Å². The molecule has 9 heteroatoms. The topological polar surface area (TPSA) is 140 Å². The second-order valence-electron chi connectivity index (χ2n) is 9.68. The summed E-state index contributed by atoms with van der Waals surface area (Å²) in [4.78, 5) is 18.7. The van der Waals surface area contributed by atoms with Crippen molar-refractivity contribution in [2.45, 2.75) is 9.79 Å². The minimum absolute atomic E-state index is 0.0698. The first kappa shape index (κ1) is 22.2. The smallest absolute Gasteiger partial charge is 0.264 e. The average molecular weight is 534 g/mol. The molecule has 7 aromatic rings. The number of fused-ring (bicyclic) bond motifs is 5. The molecule has 0 fully saturated rings. The summed E-state index contributed by atoms with van der Waals surface area (Å²) in [5, 5.41) is 32.7. The number of hydrogen-bond acceptors (Lipinski definition) is 7. The summed E-state index contributed by atoms with van der Waals surface area (Å²) in [6.07, 6.45) is 0. The average Bonchev–Trinajstić information content (AvgIpc) is 2.97. The summed E-state index contributed by atoms with van der Waals surface area (Å²) < 4.78 is 29.5. The van der Waals surface area contributed by atoms with Crippen molar-refractivity contribution in [3.63, 3.8) is 0 Å². The van der Waals surface area contributed by atoms with E-state index in [9.17, 15) is 29.0 Å². The fourth-order valence-corrected chi connectivity index (χ4v) is 7.97. The molecule has 1 aliphatic heterocycles. The molecule has 0 saturated heterocycles. The van der Waals surface area contributed by atoms with Crippen molar-refractivity contribution >= 4 is 58.8 Å². The van der Waals surface area contributed by atoms with E-state index in [1.807, 2.05) is 48.5 Å². The second-order valence-corrected chi connectivity index (χ2v) is 11.5. The Labute approximate surface area is 225 Å². The van der Waals surface area contributed by atoms with E-state index in [1.54, 1.807) is 0 Å². The first-order valence-corrected chi connectivity index (χ1v) is 13.6. The van der Waals surface area contributed by atoms with Crippen LogP contribution in [0.2, 0.25) is 0 Å². The summed E-state index contributed by atoms with van der Waals surface area (Å²) in [5.74, 6) is 0. The maximum Gasteiger partial charge on any atom is 0.264 e. The van der Waals surface area contributed by atoms with Gasteiger partial charge in [-0.3, -0.25) is 9.20 Å². The molecule has 0 N–H and O–H groups in total. The predicted octanol–water partition coefficient (Wildman–Crippen LogP) is 5.17. The van der Waals surface area contributed by atoms with Gasteiger partial charge >= 0.3 is 0 Å². The number of hydrogen-bond donors (Lipinski definition) is 0. The van der Waals surface area contributed by atoms with E-state index in [2.05, 4.69) is 6.07 Å². The standard InChI is InChI=1S/C31H11N5O3S/c32-12-15-7-8-24-19(9-15)25-17(13-33)10-21-27-20(11-18(14-34)29(28(25)27)40(24,38)39)30-35-22-5-1-3-16-4-2-6-23(26(16)22)36(30)31(21)37/h1-11H. The van der Waals surface area contributed by atoms with Gasteiger partial charge in [-0.2, -0.15) is 15.8 Å². The molecule has 3 heterocycles. The van der Waals surface area contributed by atoms with Gasteiger partial charge in [0.05, 0.1) is 55.0 Å². The number of pyridine rings is 1. The molecule has 0 saturated carbocycles. The van der Waals surface area contributed by atoms with Gasteiger partial charge < -0.3 is 0 Å². The summed E-state index contributed by atoms with van der Waals surface area (Å²) in [5.41, 5.74) is 1.69.